The summed E-state index contributed by atoms with van der Waals surface area (Å²) in [5, 5.41) is 6.12. The molecule has 27 heavy (non-hydrogen) atoms. The third kappa shape index (κ3) is 6.92. The maximum Gasteiger partial charge on any atom is 0.244 e. The second-order valence-corrected chi connectivity index (χ2v) is 6.53. The van der Waals surface area contributed by atoms with Crippen LogP contribution in [0.25, 0.3) is 0 Å². The van der Waals surface area contributed by atoms with Gasteiger partial charge in [0.05, 0.1) is 6.54 Å². The molecule has 0 spiro atoms. The predicted molar refractivity (Wildman–Crippen MR) is 107 cm³/mol. The monoisotopic (exact) mass is 373 g/mol. The Kier molecular flexibility index (Phi) is 8.61. The molecule has 148 valence electrons. The van der Waals surface area contributed by atoms with Crippen molar-refractivity contribution >= 4 is 17.8 Å². The number of nitrogens with zero attached hydrogens (tertiary/aromatic N) is 3. The number of carbonyl (C=O) groups is 2. The standard InChI is InChI=1S/C20H31N5O2/c1-3-21-20(23-15-19(27)25-12-8-9-13-25)22-14-18(26)24(4-2)16-17-10-6-5-7-11-17/h5-7,10-11H,3-4,8-9,12-16H2,1-2H3,(H2,21,22,23). The Morgan fingerprint density at radius 2 is 1.81 bits per heavy atom. The number of guanidine groups is 1. The molecule has 1 saturated heterocycles. The molecular weight excluding hydrogens is 342 g/mol. The number of likely N-dealkylation sites (N-methyl/N-ethyl adjacent to an activating group) is 1. The minimum atomic E-state index is -0.0376. The largest absolute Gasteiger partial charge is 0.357 e. The summed E-state index contributed by atoms with van der Waals surface area (Å²) in [4.78, 5) is 32.7. The lowest BCUT2D eigenvalue weighted by Crippen LogP contribution is -2.44. The molecule has 0 atom stereocenters. The summed E-state index contributed by atoms with van der Waals surface area (Å²) >= 11 is 0. The molecule has 1 aromatic rings. The van der Waals surface area contributed by atoms with Crippen LogP contribution in [0.4, 0.5) is 0 Å². The number of rotatable bonds is 8. The highest BCUT2D eigenvalue weighted by atomic mass is 16.2. The summed E-state index contributed by atoms with van der Waals surface area (Å²) in [5.74, 6) is 0.530. The van der Waals surface area contributed by atoms with E-state index in [0.29, 0.717) is 25.6 Å². The topological polar surface area (TPSA) is 77.0 Å². The molecule has 0 saturated carbocycles. The zero-order valence-electron chi connectivity index (χ0n) is 16.4. The van der Waals surface area contributed by atoms with Gasteiger partial charge in [0.25, 0.3) is 0 Å². The fraction of sp³-hybridized carbons (Fsp3) is 0.550. The highest BCUT2D eigenvalue weighted by Crippen LogP contribution is 2.07. The second-order valence-electron chi connectivity index (χ2n) is 6.53. The fourth-order valence-corrected chi connectivity index (χ4v) is 3.01. The van der Waals surface area contributed by atoms with E-state index in [9.17, 15) is 9.59 Å². The second kappa shape index (κ2) is 11.2. The van der Waals surface area contributed by atoms with Crippen LogP contribution in [0.5, 0.6) is 0 Å². The Hall–Kier alpha value is -2.57. The lowest BCUT2D eigenvalue weighted by Gasteiger charge is -2.21. The molecule has 1 fully saturated rings. The number of likely N-dealkylation sites (tertiary alicyclic amines) is 1. The van der Waals surface area contributed by atoms with Gasteiger partial charge >= 0.3 is 0 Å². The van der Waals surface area contributed by atoms with Gasteiger partial charge in [-0.15, -0.1) is 0 Å². The third-order valence-electron chi connectivity index (χ3n) is 4.53. The average Bonchev–Trinajstić information content (AvgIpc) is 3.23. The molecule has 1 aliphatic rings. The highest BCUT2D eigenvalue weighted by Gasteiger charge is 2.18. The summed E-state index contributed by atoms with van der Waals surface area (Å²) in [7, 11) is 0. The fourth-order valence-electron chi connectivity index (χ4n) is 3.01. The van der Waals surface area contributed by atoms with Crippen LogP contribution in [0.1, 0.15) is 32.3 Å². The number of aliphatic imine (C=N–C) groups is 1. The molecule has 7 heteroatoms. The van der Waals surface area contributed by atoms with Gasteiger partial charge in [-0.25, -0.2) is 4.99 Å². The van der Waals surface area contributed by atoms with Gasteiger partial charge in [0, 0.05) is 32.7 Å². The molecule has 1 aliphatic heterocycles. The van der Waals surface area contributed by atoms with Crippen LogP contribution >= 0.6 is 0 Å². The quantitative estimate of drug-likeness (QED) is 0.530. The zero-order valence-corrected chi connectivity index (χ0v) is 16.4. The van der Waals surface area contributed by atoms with Crippen LogP contribution in [0.3, 0.4) is 0 Å². The van der Waals surface area contributed by atoms with Gasteiger partial charge in [-0.05, 0) is 32.3 Å². The number of nitrogens with one attached hydrogen (secondary N) is 2. The molecule has 2 N–H and O–H groups in total. The van der Waals surface area contributed by atoms with Gasteiger partial charge in [0.1, 0.15) is 6.54 Å². The van der Waals surface area contributed by atoms with E-state index >= 15 is 0 Å². The lowest BCUT2D eigenvalue weighted by atomic mass is 10.2. The molecule has 7 nitrogen and oxygen atoms in total. The van der Waals surface area contributed by atoms with Gasteiger partial charge in [0.15, 0.2) is 5.96 Å². The Morgan fingerprint density at radius 3 is 2.44 bits per heavy atom. The van der Waals surface area contributed by atoms with E-state index in [0.717, 1.165) is 31.5 Å². The van der Waals surface area contributed by atoms with E-state index in [1.807, 2.05) is 49.1 Å². The molecule has 1 heterocycles. The molecule has 2 rings (SSSR count). The first-order valence-corrected chi connectivity index (χ1v) is 9.75. The van der Waals surface area contributed by atoms with Gasteiger partial charge < -0.3 is 20.4 Å². The van der Waals surface area contributed by atoms with Crippen molar-refractivity contribution in [2.24, 2.45) is 4.99 Å². The highest BCUT2D eigenvalue weighted by molar-refractivity contribution is 5.88. The summed E-state index contributed by atoms with van der Waals surface area (Å²) in [5.41, 5.74) is 1.10. The van der Waals surface area contributed by atoms with Crippen LogP contribution in [-0.2, 0) is 16.1 Å². The maximum atomic E-state index is 12.5. The molecular formula is C20H31N5O2. The van der Waals surface area contributed by atoms with Crippen molar-refractivity contribution in [3.8, 4) is 0 Å². The van der Waals surface area contributed by atoms with E-state index in [-0.39, 0.29) is 24.9 Å². The summed E-state index contributed by atoms with van der Waals surface area (Å²) in [6.07, 6.45) is 2.14. The van der Waals surface area contributed by atoms with Crippen LogP contribution in [0, 0.1) is 0 Å². The average molecular weight is 374 g/mol. The van der Waals surface area contributed by atoms with Gasteiger partial charge in [0.2, 0.25) is 11.8 Å². The normalized spacial score (nSPS) is 14.1. The van der Waals surface area contributed by atoms with Crippen LogP contribution in [-0.4, -0.2) is 66.8 Å². The number of amides is 2. The maximum absolute atomic E-state index is 12.5. The Labute approximate surface area is 161 Å². The predicted octanol–water partition coefficient (Wildman–Crippen LogP) is 1.21. The molecule has 0 unspecified atom stereocenters. The minimum Gasteiger partial charge on any atom is -0.357 e. The summed E-state index contributed by atoms with van der Waals surface area (Å²) < 4.78 is 0. The number of carbonyl (C=O) groups excluding carboxylic acids is 2. The SMILES string of the molecule is CCNC(=NCC(=O)N(CC)Cc1ccccc1)NCC(=O)N1CCCC1. The number of benzene rings is 1. The molecule has 1 aromatic carbocycles. The van der Waals surface area contributed by atoms with Gasteiger partial charge in [-0.3, -0.25) is 9.59 Å². The first kappa shape index (κ1) is 20.7. The van der Waals surface area contributed by atoms with Gasteiger partial charge in [-0.1, -0.05) is 30.3 Å². The number of hydrogen-bond acceptors (Lipinski definition) is 3. The van der Waals surface area contributed by atoms with Gasteiger partial charge in [-0.2, -0.15) is 0 Å². The Bertz CT molecular complexity index is 627. The van der Waals surface area contributed by atoms with Crippen LogP contribution in [0.2, 0.25) is 0 Å². The van der Waals surface area contributed by atoms with E-state index < -0.39 is 0 Å². The van der Waals surface area contributed by atoms with Crippen LogP contribution < -0.4 is 10.6 Å². The zero-order chi connectivity index (χ0) is 19.5. The third-order valence-corrected chi connectivity index (χ3v) is 4.53. The van der Waals surface area contributed by atoms with E-state index in [1.165, 1.54) is 0 Å². The van der Waals surface area contributed by atoms with Crippen molar-refractivity contribution in [3.63, 3.8) is 0 Å². The lowest BCUT2D eigenvalue weighted by molar-refractivity contribution is -0.130. The molecule has 2 amide bonds. The van der Waals surface area contributed by atoms with E-state index in [1.54, 1.807) is 4.90 Å². The Balaban J connectivity index is 1.87. The summed E-state index contributed by atoms with van der Waals surface area (Å²) in [6, 6.07) is 9.92. The van der Waals surface area contributed by atoms with Crippen molar-refractivity contribution in [2.75, 3.05) is 39.3 Å². The molecule has 0 bridgehead atoms. The van der Waals surface area contributed by atoms with Crippen molar-refractivity contribution in [1.82, 2.24) is 20.4 Å². The molecule has 0 aliphatic carbocycles. The molecule has 0 radical (unpaired) electrons. The van der Waals surface area contributed by atoms with Crippen molar-refractivity contribution in [3.05, 3.63) is 35.9 Å². The molecule has 0 aromatic heterocycles. The minimum absolute atomic E-state index is 0.0376. The van der Waals surface area contributed by atoms with Crippen molar-refractivity contribution < 1.29 is 9.59 Å². The Morgan fingerprint density at radius 1 is 1.11 bits per heavy atom. The van der Waals surface area contributed by atoms with E-state index in [2.05, 4.69) is 15.6 Å². The first-order valence-electron chi connectivity index (χ1n) is 9.75. The first-order chi connectivity index (χ1) is 13.1. The van der Waals surface area contributed by atoms with Crippen LogP contribution in [0.15, 0.2) is 35.3 Å². The summed E-state index contributed by atoms with van der Waals surface area (Å²) in [6.45, 7) is 7.69. The van der Waals surface area contributed by atoms with E-state index in [4.69, 9.17) is 0 Å². The van der Waals surface area contributed by atoms with Crippen molar-refractivity contribution in [2.45, 2.75) is 33.2 Å². The number of hydrogen-bond donors (Lipinski definition) is 2. The smallest absolute Gasteiger partial charge is 0.244 e. The van der Waals surface area contributed by atoms with Crippen molar-refractivity contribution in [1.29, 1.82) is 0 Å².